The Morgan fingerprint density at radius 2 is 1.63 bits per heavy atom. The molecule has 0 saturated heterocycles. The van der Waals surface area contributed by atoms with Crippen molar-refractivity contribution in [1.29, 1.82) is 0 Å². The lowest BCUT2D eigenvalue weighted by Gasteiger charge is -2.31. The van der Waals surface area contributed by atoms with Crippen molar-refractivity contribution in [1.82, 2.24) is 10.2 Å². The van der Waals surface area contributed by atoms with E-state index in [1.54, 1.807) is 6.92 Å². The Bertz CT molecular complexity index is 1160. The molecule has 0 bridgehead atoms. The van der Waals surface area contributed by atoms with Crippen molar-refractivity contribution in [3.8, 4) is 0 Å². The van der Waals surface area contributed by atoms with Crippen molar-refractivity contribution >= 4 is 62.3 Å². The number of nitrogens with one attached hydrogen (secondary N) is 1. The van der Waals surface area contributed by atoms with Crippen LogP contribution in [0.4, 0.5) is 5.69 Å². The number of unbranched alkanes of at least 4 members (excludes halogenated alkanes) is 1. The number of anilines is 1. The van der Waals surface area contributed by atoms with E-state index in [4.69, 9.17) is 34.8 Å². The van der Waals surface area contributed by atoms with Crippen LogP contribution in [-0.2, 0) is 26.2 Å². The number of benzene rings is 2. The fourth-order valence-corrected chi connectivity index (χ4v) is 4.85. The molecule has 0 spiro atoms. The Balaban J connectivity index is 2.41. The van der Waals surface area contributed by atoms with Gasteiger partial charge in [-0.1, -0.05) is 78.0 Å². The second kappa shape index (κ2) is 12.8. The van der Waals surface area contributed by atoms with Crippen molar-refractivity contribution in [3.63, 3.8) is 0 Å². The van der Waals surface area contributed by atoms with Gasteiger partial charge in [-0.15, -0.1) is 0 Å². The third kappa shape index (κ3) is 8.27. The first-order valence-electron chi connectivity index (χ1n) is 11.1. The number of sulfonamides is 1. The fraction of sp³-hybridized carbons (Fsp3) is 0.417. The van der Waals surface area contributed by atoms with Crippen LogP contribution in [0.25, 0.3) is 0 Å². The van der Waals surface area contributed by atoms with Crippen LogP contribution in [-0.4, -0.2) is 50.5 Å². The molecular formula is C24H30Cl3N3O4S. The molecule has 2 amide bonds. The van der Waals surface area contributed by atoms with E-state index in [1.807, 2.05) is 38.1 Å². The van der Waals surface area contributed by atoms with Crippen LogP contribution in [0.2, 0.25) is 15.1 Å². The summed E-state index contributed by atoms with van der Waals surface area (Å²) >= 11 is 18.3. The maximum absolute atomic E-state index is 13.5. The molecule has 35 heavy (non-hydrogen) atoms. The number of aryl methyl sites for hydroxylation is 1. The van der Waals surface area contributed by atoms with Crippen molar-refractivity contribution in [2.24, 2.45) is 0 Å². The van der Waals surface area contributed by atoms with Gasteiger partial charge in [0.25, 0.3) is 0 Å². The maximum atomic E-state index is 13.5. The van der Waals surface area contributed by atoms with E-state index in [9.17, 15) is 18.0 Å². The monoisotopic (exact) mass is 561 g/mol. The Hall–Kier alpha value is -2.00. The Kier molecular flexibility index (Phi) is 10.7. The first-order chi connectivity index (χ1) is 16.3. The van der Waals surface area contributed by atoms with Gasteiger partial charge < -0.3 is 10.2 Å². The van der Waals surface area contributed by atoms with Gasteiger partial charge in [0.15, 0.2) is 0 Å². The molecule has 0 heterocycles. The lowest BCUT2D eigenvalue weighted by atomic mass is 10.1. The van der Waals surface area contributed by atoms with Crippen molar-refractivity contribution in [3.05, 3.63) is 62.6 Å². The minimum Gasteiger partial charge on any atom is -0.354 e. The van der Waals surface area contributed by atoms with Crippen molar-refractivity contribution < 1.29 is 18.0 Å². The first kappa shape index (κ1) is 29.2. The van der Waals surface area contributed by atoms with E-state index in [2.05, 4.69) is 5.32 Å². The summed E-state index contributed by atoms with van der Waals surface area (Å²) in [6, 6.07) is 9.31. The summed E-state index contributed by atoms with van der Waals surface area (Å²) in [6.45, 7) is 5.60. The molecule has 2 aromatic carbocycles. The number of rotatable bonds is 11. The number of carbonyl (C=O) groups is 2. The van der Waals surface area contributed by atoms with Crippen LogP contribution in [0.1, 0.15) is 37.8 Å². The lowest BCUT2D eigenvalue weighted by molar-refractivity contribution is -0.139. The Morgan fingerprint density at radius 1 is 1.03 bits per heavy atom. The van der Waals surface area contributed by atoms with Gasteiger partial charge in [-0.25, -0.2) is 8.42 Å². The third-order valence-corrected chi connectivity index (χ3v) is 7.56. The molecule has 0 aliphatic rings. The second-order valence-electron chi connectivity index (χ2n) is 8.32. The zero-order valence-electron chi connectivity index (χ0n) is 20.1. The molecule has 1 atom stereocenters. The smallest absolute Gasteiger partial charge is 0.244 e. The van der Waals surface area contributed by atoms with Crippen LogP contribution >= 0.6 is 34.8 Å². The zero-order valence-corrected chi connectivity index (χ0v) is 23.2. The molecule has 1 unspecified atom stereocenters. The van der Waals surface area contributed by atoms with E-state index in [1.165, 1.54) is 17.0 Å². The summed E-state index contributed by atoms with van der Waals surface area (Å²) in [4.78, 5) is 27.7. The van der Waals surface area contributed by atoms with E-state index in [-0.39, 0.29) is 33.2 Å². The summed E-state index contributed by atoms with van der Waals surface area (Å²) in [5, 5.41) is 3.10. The number of hydrogen-bond acceptors (Lipinski definition) is 4. The summed E-state index contributed by atoms with van der Waals surface area (Å²) < 4.78 is 26.2. The highest BCUT2D eigenvalue weighted by Gasteiger charge is 2.31. The number of nitrogens with zero attached hydrogens (tertiary/aromatic N) is 2. The molecule has 0 aliphatic heterocycles. The topological polar surface area (TPSA) is 86.8 Å². The van der Waals surface area contributed by atoms with E-state index < -0.39 is 28.5 Å². The molecule has 0 aromatic heterocycles. The molecule has 0 fully saturated rings. The van der Waals surface area contributed by atoms with Crippen molar-refractivity contribution in [2.75, 3.05) is 23.7 Å². The average molecular weight is 563 g/mol. The van der Waals surface area contributed by atoms with Gasteiger partial charge in [-0.3, -0.25) is 13.9 Å². The molecule has 7 nitrogen and oxygen atoms in total. The minimum absolute atomic E-state index is 0.0206. The highest BCUT2D eigenvalue weighted by Crippen LogP contribution is 2.35. The Morgan fingerprint density at radius 3 is 2.20 bits per heavy atom. The Labute approximate surface area is 222 Å². The molecule has 11 heteroatoms. The number of hydrogen-bond donors (Lipinski definition) is 1. The first-order valence-corrected chi connectivity index (χ1v) is 14.1. The normalized spacial score (nSPS) is 12.2. The molecule has 0 aliphatic carbocycles. The summed E-state index contributed by atoms with van der Waals surface area (Å²) in [5.41, 5.74) is 1.87. The summed E-state index contributed by atoms with van der Waals surface area (Å²) in [5.74, 6) is -0.895. The maximum Gasteiger partial charge on any atom is 0.244 e. The van der Waals surface area contributed by atoms with Gasteiger partial charge in [0.1, 0.15) is 12.6 Å². The molecule has 0 saturated carbocycles. The second-order valence-corrected chi connectivity index (χ2v) is 11.4. The van der Waals surface area contributed by atoms with Gasteiger partial charge in [0.05, 0.1) is 27.0 Å². The van der Waals surface area contributed by atoms with Crippen LogP contribution < -0.4 is 9.62 Å². The highest BCUT2D eigenvalue weighted by molar-refractivity contribution is 7.92. The summed E-state index contributed by atoms with van der Waals surface area (Å²) in [7, 11) is -3.94. The van der Waals surface area contributed by atoms with E-state index >= 15 is 0 Å². The number of amides is 2. The van der Waals surface area contributed by atoms with Gasteiger partial charge in [0.2, 0.25) is 21.8 Å². The van der Waals surface area contributed by atoms with Crippen LogP contribution in [0.5, 0.6) is 0 Å². The third-order valence-electron chi connectivity index (χ3n) is 5.41. The van der Waals surface area contributed by atoms with Crippen molar-refractivity contribution in [2.45, 2.75) is 46.2 Å². The highest BCUT2D eigenvalue weighted by atomic mass is 35.5. The van der Waals surface area contributed by atoms with Gasteiger partial charge >= 0.3 is 0 Å². The lowest BCUT2D eigenvalue weighted by Crippen LogP contribution is -2.51. The van der Waals surface area contributed by atoms with Gasteiger partial charge in [0, 0.05) is 13.1 Å². The quantitative estimate of drug-likeness (QED) is 0.307. The average Bonchev–Trinajstić information content (AvgIpc) is 2.78. The standard InChI is InChI=1S/C24H30Cl3N3O4S/c1-5-6-11-28-24(32)17(3)29(14-18-9-7-16(2)8-10-18)23(31)15-30(35(4,33)34)22-13-20(26)19(25)12-21(22)27/h7-10,12-13,17H,5-6,11,14-15H2,1-4H3,(H,28,32). The van der Waals surface area contributed by atoms with Crippen LogP contribution in [0.15, 0.2) is 36.4 Å². The van der Waals surface area contributed by atoms with Gasteiger partial charge in [-0.2, -0.15) is 0 Å². The predicted octanol–water partition coefficient (Wildman–Crippen LogP) is 5.05. The minimum atomic E-state index is -3.94. The zero-order chi connectivity index (χ0) is 26.3. The molecule has 2 aromatic rings. The summed E-state index contributed by atoms with van der Waals surface area (Å²) in [6.07, 6.45) is 2.68. The predicted molar refractivity (Wildman–Crippen MR) is 143 cm³/mol. The SMILES string of the molecule is CCCCNC(=O)C(C)N(Cc1ccc(C)cc1)C(=O)CN(c1cc(Cl)c(Cl)cc1Cl)S(C)(=O)=O. The molecule has 2 rings (SSSR count). The van der Waals surface area contributed by atoms with E-state index in [0.29, 0.717) is 6.54 Å². The number of halogens is 3. The van der Waals surface area contributed by atoms with Crippen LogP contribution in [0.3, 0.4) is 0 Å². The molecular weight excluding hydrogens is 533 g/mol. The van der Waals surface area contributed by atoms with Crippen LogP contribution in [0, 0.1) is 6.92 Å². The fourth-order valence-electron chi connectivity index (χ4n) is 3.31. The molecule has 192 valence electrons. The number of carbonyl (C=O) groups excluding carboxylic acids is 2. The van der Waals surface area contributed by atoms with E-state index in [0.717, 1.165) is 34.5 Å². The molecule has 0 radical (unpaired) electrons. The largest absolute Gasteiger partial charge is 0.354 e. The molecule has 1 N–H and O–H groups in total. The van der Waals surface area contributed by atoms with Gasteiger partial charge in [-0.05, 0) is 38.0 Å².